The van der Waals surface area contributed by atoms with E-state index in [1.54, 1.807) is 31.2 Å². The number of amides is 2. The third-order valence-corrected chi connectivity index (χ3v) is 4.85. The average Bonchev–Trinajstić information content (AvgIpc) is 2.93. The largest absolute Gasteiger partial charge is 0.462 e. The second-order valence-electron chi connectivity index (χ2n) is 4.17. The van der Waals surface area contributed by atoms with Gasteiger partial charge in [-0.1, -0.05) is 34.7 Å². The van der Waals surface area contributed by atoms with Crippen LogP contribution in [-0.2, 0) is 4.74 Å². The van der Waals surface area contributed by atoms with Gasteiger partial charge >= 0.3 is 12.0 Å². The van der Waals surface area contributed by atoms with E-state index in [4.69, 9.17) is 16.3 Å². The molecule has 0 fully saturated rings. The normalized spacial score (nSPS) is 10.2. The van der Waals surface area contributed by atoms with Gasteiger partial charge in [-0.2, -0.15) is 0 Å². The maximum absolute atomic E-state index is 12.0. The predicted octanol–water partition coefficient (Wildman–Crippen LogP) is 4.34. The number of nitrogens with zero attached hydrogens (tertiary/aromatic N) is 1. The van der Waals surface area contributed by atoms with E-state index in [2.05, 4.69) is 15.6 Å². The van der Waals surface area contributed by atoms with Crippen molar-refractivity contribution in [2.45, 2.75) is 11.3 Å². The Morgan fingerprint density at radius 1 is 1.30 bits per heavy atom. The van der Waals surface area contributed by atoms with Crippen LogP contribution >= 0.6 is 34.7 Å². The summed E-state index contributed by atoms with van der Waals surface area (Å²) in [5.74, 6) is -0.323. The van der Waals surface area contributed by atoms with Crippen molar-refractivity contribution in [3.8, 4) is 0 Å². The summed E-state index contributed by atoms with van der Waals surface area (Å²) in [7, 11) is 0. The number of hydrogen-bond acceptors (Lipinski definition) is 6. The topological polar surface area (TPSA) is 80.3 Å². The number of ether oxygens (including phenoxy) is 1. The first-order valence-electron chi connectivity index (χ1n) is 6.59. The van der Waals surface area contributed by atoms with Crippen molar-refractivity contribution in [2.75, 3.05) is 23.5 Å². The lowest BCUT2D eigenvalue weighted by Gasteiger charge is -2.07. The number of nitrogens with one attached hydrogen (secondary N) is 2. The first-order valence-corrected chi connectivity index (χ1v) is 9.01. The second kappa shape index (κ2) is 8.19. The molecule has 0 radical (unpaired) electrons. The summed E-state index contributed by atoms with van der Waals surface area (Å²) in [6.07, 6.45) is 1.84. The van der Waals surface area contributed by atoms with Gasteiger partial charge in [0, 0.05) is 10.7 Å². The summed E-state index contributed by atoms with van der Waals surface area (Å²) in [4.78, 5) is 28.5. The van der Waals surface area contributed by atoms with Gasteiger partial charge < -0.3 is 10.1 Å². The van der Waals surface area contributed by atoms with Gasteiger partial charge in [0.15, 0.2) is 15.0 Å². The minimum absolute atomic E-state index is 0.185. The highest BCUT2D eigenvalue weighted by molar-refractivity contribution is 8.00. The summed E-state index contributed by atoms with van der Waals surface area (Å²) in [6.45, 7) is 1.97. The number of halogens is 1. The number of thiazole rings is 1. The average molecular weight is 372 g/mol. The Balaban J connectivity index is 2.11. The molecule has 0 aliphatic rings. The smallest absolute Gasteiger partial charge is 0.352 e. The lowest BCUT2D eigenvalue weighted by Crippen LogP contribution is -2.21. The molecule has 9 heteroatoms. The fraction of sp³-hybridized carbons (Fsp3) is 0.214. The molecule has 1 aromatic carbocycles. The molecule has 2 aromatic rings. The highest BCUT2D eigenvalue weighted by Gasteiger charge is 2.20. The van der Waals surface area contributed by atoms with Gasteiger partial charge in [0.2, 0.25) is 0 Å². The van der Waals surface area contributed by atoms with E-state index in [0.29, 0.717) is 15.0 Å². The number of aromatic nitrogens is 1. The van der Waals surface area contributed by atoms with Crippen LogP contribution in [0.3, 0.4) is 0 Å². The lowest BCUT2D eigenvalue weighted by molar-refractivity contribution is 0.0533. The molecule has 2 rings (SSSR count). The molecule has 1 aromatic heterocycles. The third-order valence-electron chi connectivity index (χ3n) is 2.58. The minimum Gasteiger partial charge on any atom is -0.462 e. The van der Waals surface area contributed by atoms with E-state index in [-0.39, 0.29) is 17.3 Å². The number of anilines is 2. The Kier molecular flexibility index (Phi) is 6.26. The molecule has 0 atom stereocenters. The SMILES string of the molecule is CCOC(=O)c1sc(SC)nc1NC(=O)Nc1ccc(Cl)cc1. The van der Waals surface area contributed by atoms with E-state index >= 15 is 0 Å². The quantitative estimate of drug-likeness (QED) is 0.603. The van der Waals surface area contributed by atoms with Crippen LogP contribution in [0.2, 0.25) is 5.02 Å². The minimum atomic E-state index is -0.507. The molecule has 2 N–H and O–H groups in total. The van der Waals surface area contributed by atoms with Gasteiger partial charge in [0.1, 0.15) is 0 Å². The van der Waals surface area contributed by atoms with Crippen molar-refractivity contribution in [3.05, 3.63) is 34.2 Å². The van der Waals surface area contributed by atoms with Crippen LogP contribution in [0.4, 0.5) is 16.3 Å². The standard InChI is InChI=1S/C14H14ClN3O3S2/c1-3-21-12(19)10-11(18-14(22-2)23-10)17-13(20)16-9-6-4-8(15)5-7-9/h4-7H,3H2,1-2H3,(H2,16,17,20). The second-order valence-corrected chi connectivity index (χ2v) is 6.66. The summed E-state index contributed by atoms with van der Waals surface area (Å²) >= 11 is 8.35. The number of esters is 1. The highest BCUT2D eigenvalue weighted by Crippen LogP contribution is 2.30. The Morgan fingerprint density at radius 3 is 2.61 bits per heavy atom. The van der Waals surface area contributed by atoms with Gasteiger partial charge in [0.25, 0.3) is 0 Å². The van der Waals surface area contributed by atoms with Crippen LogP contribution < -0.4 is 10.6 Å². The first kappa shape index (κ1) is 17.6. The fourth-order valence-corrected chi connectivity index (χ4v) is 3.15. The Bertz CT molecular complexity index is 704. The molecule has 0 spiro atoms. The predicted molar refractivity (Wildman–Crippen MR) is 93.9 cm³/mol. The molecule has 0 saturated heterocycles. The number of carbonyl (C=O) groups excluding carboxylic acids is 2. The highest BCUT2D eigenvalue weighted by atomic mass is 35.5. The lowest BCUT2D eigenvalue weighted by atomic mass is 10.3. The molecule has 0 aliphatic carbocycles. The molecule has 0 unspecified atom stereocenters. The maximum Gasteiger partial charge on any atom is 0.352 e. The van der Waals surface area contributed by atoms with E-state index in [9.17, 15) is 9.59 Å². The van der Waals surface area contributed by atoms with Crippen molar-refractivity contribution < 1.29 is 14.3 Å². The molecule has 1 heterocycles. The van der Waals surface area contributed by atoms with Crippen LogP contribution in [0.1, 0.15) is 16.6 Å². The molecule has 0 bridgehead atoms. The van der Waals surface area contributed by atoms with Gasteiger partial charge in [-0.05, 0) is 37.4 Å². The summed E-state index contributed by atoms with van der Waals surface area (Å²) in [6, 6.07) is 6.16. The Morgan fingerprint density at radius 2 is 2.00 bits per heavy atom. The molecule has 0 saturated carbocycles. The van der Waals surface area contributed by atoms with Gasteiger partial charge in [-0.25, -0.2) is 14.6 Å². The molecule has 23 heavy (non-hydrogen) atoms. The van der Waals surface area contributed by atoms with E-state index in [1.165, 1.54) is 23.1 Å². The molecule has 2 amide bonds. The van der Waals surface area contributed by atoms with Gasteiger partial charge in [-0.3, -0.25) is 5.32 Å². The van der Waals surface area contributed by atoms with Crippen molar-refractivity contribution in [1.29, 1.82) is 0 Å². The maximum atomic E-state index is 12.0. The molecular formula is C14H14ClN3O3S2. The van der Waals surface area contributed by atoms with Crippen molar-refractivity contribution in [1.82, 2.24) is 4.98 Å². The van der Waals surface area contributed by atoms with E-state index in [1.807, 2.05) is 6.26 Å². The third kappa shape index (κ3) is 4.85. The number of benzene rings is 1. The number of urea groups is 1. The van der Waals surface area contributed by atoms with E-state index < -0.39 is 12.0 Å². The van der Waals surface area contributed by atoms with Crippen LogP contribution in [0, 0.1) is 0 Å². The van der Waals surface area contributed by atoms with Crippen LogP contribution in [0.25, 0.3) is 0 Å². The molecule has 0 aliphatic heterocycles. The molecule has 6 nitrogen and oxygen atoms in total. The monoisotopic (exact) mass is 371 g/mol. The Hall–Kier alpha value is -1.77. The zero-order valence-electron chi connectivity index (χ0n) is 12.4. The number of hydrogen-bond donors (Lipinski definition) is 2. The van der Waals surface area contributed by atoms with Crippen LogP contribution in [0.15, 0.2) is 28.6 Å². The van der Waals surface area contributed by atoms with Gasteiger partial charge in [-0.15, -0.1) is 0 Å². The van der Waals surface area contributed by atoms with Crippen molar-refractivity contribution in [3.63, 3.8) is 0 Å². The zero-order valence-corrected chi connectivity index (χ0v) is 14.8. The molecular weight excluding hydrogens is 358 g/mol. The summed E-state index contributed by atoms with van der Waals surface area (Å²) < 4.78 is 5.64. The number of rotatable bonds is 5. The summed E-state index contributed by atoms with van der Waals surface area (Å²) in [5.41, 5.74) is 0.574. The van der Waals surface area contributed by atoms with Crippen LogP contribution in [0.5, 0.6) is 0 Å². The summed E-state index contributed by atoms with van der Waals surface area (Å²) in [5, 5.41) is 5.78. The van der Waals surface area contributed by atoms with E-state index in [0.717, 1.165) is 0 Å². The first-order chi connectivity index (χ1) is 11.0. The van der Waals surface area contributed by atoms with Gasteiger partial charge in [0.05, 0.1) is 6.61 Å². The fourth-order valence-electron chi connectivity index (χ4n) is 1.61. The van der Waals surface area contributed by atoms with Crippen molar-refractivity contribution in [2.24, 2.45) is 0 Å². The Labute approximate surface area is 146 Å². The zero-order chi connectivity index (χ0) is 16.8. The van der Waals surface area contributed by atoms with Crippen LogP contribution in [-0.4, -0.2) is 29.8 Å². The molecule has 122 valence electrons. The van der Waals surface area contributed by atoms with Crippen molar-refractivity contribution >= 4 is 58.2 Å². The number of carbonyl (C=O) groups is 2. The number of thioether (sulfide) groups is 1.